The van der Waals surface area contributed by atoms with Crippen LogP contribution in [0.1, 0.15) is 34.1 Å². The Kier molecular flexibility index (Phi) is 10.1. The average molecular weight is 388 g/mol. The van der Waals surface area contributed by atoms with Gasteiger partial charge >= 0.3 is 12.1 Å². The largest absolute Gasteiger partial charge is 0.444 e. The van der Waals surface area contributed by atoms with Gasteiger partial charge in [-0.25, -0.2) is 9.59 Å². The Morgan fingerprint density at radius 2 is 1.44 bits per heavy atom. The number of nitrogens with zero attached hydrogens (tertiary/aromatic N) is 1. The highest BCUT2D eigenvalue weighted by Gasteiger charge is 2.18. The van der Waals surface area contributed by atoms with Crippen molar-refractivity contribution in [2.24, 2.45) is 0 Å². The van der Waals surface area contributed by atoms with Gasteiger partial charge in [0.25, 0.3) is 12.3 Å². The molecule has 27 heavy (non-hydrogen) atoms. The van der Waals surface area contributed by atoms with E-state index in [1.807, 2.05) is 0 Å². The van der Waals surface area contributed by atoms with Crippen LogP contribution in [0.2, 0.25) is 0 Å². The normalized spacial score (nSPS) is 10.2. The molecular formula is C15H24N4O8. The molecule has 0 aliphatic rings. The Morgan fingerprint density at radius 1 is 0.926 bits per heavy atom. The minimum absolute atomic E-state index is 0.0312. The van der Waals surface area contributed by atoms with Crippen molar-refractivity contribution in [1.29, 1.82) is 0 Å². The van der Waals surface area contributed by atoms with Crippen LogP contribution in [0.25, 0.3) is 0 Å². The van der Waals surface area contributed by atoms with E-state index in [4.69, 9.17) is 4.74 Å². The van der Waals surface area contributed by atoms with Gasteiger partial charge < -0.3 is 25.5 Å². The highest BCUT2D eigenvalue weighted by atomic mass is 16.7. The lowest BCUT2D eigenvalue weighted by molar-refractivity contribution is -0.195. The Balaban J connectivity index is 4.07. The molecule has 5 amide bonds. The summed E-state index contributed by atoms with van der Waals surface area (Å²) in [4.78, 5) is 72.1. The first kappa shape index (κ1) is 23.8. The van der Waals surface area contributed by atoms with E-state index in [-0.39, 0.29) is 17.9 Å². The second kappa shape index (κ2) is 11.4. The van der Waals surface area contributed by atoms with Gasteiger partial charge in [0.05, 0.1) is 6.54 Å². The van der Waals surface area contributed by atoms with Crippen LogP contribution in [0.5, 0.6) is 0 Å². The van der Waals surface area contributed by atoms with Crippen molar-refractivity contribution in [2.75, 3.05) is 19.6 Å². The first-order valence-corrected chi connectivity index (χ1v) is 7.97. The lowest BCUT2D eigenvalue weighted by Gasteiger charge is -2.19. The number of carbonyl (C=O) groups is 6. The smallest absolute Gasteiger partial charge is 0.408 e. The van der Waals surface area contributed by atoms with Gasteiger partial charge in [-0.3, -0.25) is 19.2 Å². The summed E-state index contributed by atoms with van der Waals surface area (Å²) in [5, 5.41) is 6.76. The maximum atomic E-state index is 11.5. The molecule has 0 aromatic heterocycles. The predicted molar refractivity (Wildman–Crippen MR) is 89.5 cm³/mol. The van der Waals surface area contributed by atoms with Crippen molar-refractivity contribution >= 4 is 36.2 Å². The quantitative estimate of drug-likeness (QED) is 0.338. The average Bonchev–Trinajstić information content (AvgIpc) is 2.58. The van der Waals surface area contributed by atoms with E-state index in [9.17, 15) is 28.8 Å². The summed E-state index contributed by atoms with van der Waals surface area (Å²) in [6, 6.07) is 0. The summed E-state index contributed by atoms with van der Waals surface area (Å²) in [6.07, 6.45) is -0.809. The third-order valence-corrected chi connectivity index (χ3v) is 2.51. The topological polar surface area (TPSA) is 160 Å². The van der Waals surface area contributed by atoms with Crippen molar-refractivity contribution in [3.63, 3.8) is 0 Å². The number of alkyl carbamates (subject to hydrolysis) is 1. The van der Waals surface area contributed by atoms with Gasteiger partial charge in [0.15, 0.2) is 0 Å². The third-order valence-electron chi connectivity index (χ3n) is 2.51. The molecule has 0 saturated heterocycles. The number of amides is 5. The Morgan fingerprint density at radius 3 is 1.93 bits per heavy atom. The maximum absolute atomic E-state index is 11.5. The molecule has 0 bridgehead atoms. The molecule has 0 aromatic carbocycles. The van der Waals surface area contributed by atoms with Crippen molar-refractivity contribution in [1.82, 2.24) is 21.0 Å². The molecule has 0 unspecified atom stereocenters. The number of carbonyl (C=O) groups excluding carboxylic acids is 6. The summed E-state index contributed by atoms with van der Waals surface area (Å²) >= 11 is 0. The van der Waals surface area contributed by atoms with Crippen LogP contribution in [-0.4, -0.2) is 66.5 Å². The van der Waals surface area contributed by atoms with E-state index >= 15 is 0 Å². The second-order valence-corrected chi connectivity index (χ2v) is 6.05. The van der Waals surface area contributed by atoms with Gasteiger partial charge in [0.2, 0.25) is 11.8 Å². The fraction of sp³-hybridized carbons (Fsp3) is 0.600. The van der Waals surface area contributed by atoms with Gasteiger partial charge in [-0.2, -0.15) is 0 Å². The molecule has 152 valence electrons. The van der Waals surface area contributed by atoms with Crippen LogP contribution in [0.3, 0.4) is 0 Å². The number of nitrogens with one attached hydrogen (secondary N) is 3. The summed E-state index contributed by atoms with van der Waals surface area (Å²) in [5.74, 6) is -3.15. The van der Waals surface area contributed by atoms with Crippen LogP contribution in [0.15, 0.2) is 0 Å². The number of ether oxygens (including phenoxy) is 1. The van der Waals surface area contributed by atoms with Crippen molar-refractivity contribution in [2.45, 2.75) is 39.7 Å². The standard InChI is InChI=1S/C15H24N4O8/c1-5-12(23)19(9-20)27-13(24)8-17-10(21)6-16-11(22)7-18-14(25)26-15(2,3)4/h9H,5-8H2,1-4H3,(H,16,22)(H,17,21)(H,18,25). The van der Waals surface area contributed by atoms with Crippen LogP contribution in [0.4, 0.5) is 4.79 Å². The fourth-order valence-electron chi connectivity index (χ4n) is 1.37. The van der Waals surface area contributed by atoms with Gasteiger partial charge in [0.1, 0.15) is 18.7 Å². The van der Waals surface area contributed by atoms with Crippen molar-refractivity contribution in [3.8, 4) is 0 Å². The molecule has 0 radical (unpaired) electrons. The first-order valence-electron chi connectivity index (χ1n) is 7.97. The zero-order chi connectivity index (χ0) is 21.0. The van der Waals surface area contributed by atoms with Crippen LogP contribution >= 0.6 is 0 Å². The second-order valence-electron chi connectivity index (χ2n) is 6.05. The lowest BCUT2D eigenvalue weighted by atomic mass is 10.2. The molecule has 3 N–H and O–H groups in total. The summed E-state index contributed by atoms with van der Waals surface area (Å²) < 4.78 is 4.93. The van der Waals surface area contributed by atoms with Gasteiger partial charge in [-0.15, -0.1) is 5.06 Å². The molecule has 0 atom stereocenters. The molecule has 0 aliphatic heterocycles. The van der Waals surface area contributed by atoms with E-state index in [1.165, 1.54) is 6.92 Å². The monoisotopic (exact) mass is 388 g/mol. The molecule has 12 nitrogen and oxygen atoms in total. The van der Waals surface area contributed by atoms with Gasteiger partial charge in [-0.1, -0.05) is 6.92 Å². The summed E-state index contributed by atoms with van der Waals surface area (Å²) in [7, 11) is 0. The summed E-state index contributed by atoms with van der Waals surface area (Å²) in [5.41, 5.74) is -0.712. The molecular weight excluding hydrogens is 364 g/mol. The van der Waals surface area contributed by atoms with Gasteiger partial charge in [0, 0.05) is 6.42 Å². The summed E-state index contributed by atoms with van der Waals surface area (Å²) in [6.45, 7) is 4.96. The van der Waals surface area contributed by atoms with Crippen LogP contribution in [0, 0.1) is 0 Å². The molecule has 0 aliphatic carbocycles. The Bertz CT molecular complexity index is 585. The van der Waals surface area contributed by atoms with Crippen LogP contribution < -0.4 is 16.0 Å². The zero-order valence-corrected chi connectivity index (χ0v) is 15.6. The van der Waals surface area contributed by atoms with Crippen LogP contribution in [-0.2, 0) is 33.5 Å². The zero-order valence-electron chi connectivity index (χ0n) is 15.6. The third kappa shape index (κ3) is 11.9. The number of rotatable bonds is 8. The minimum Gasteiger partial charge on any atom is -0.444 e. The number of imide groups is 1. The highest BCUT2D eigenvalue weighted by Crippen LogP contribution is 2.05. The number of hydrogen-bond donors (Lipinski definition) is 3. The van der Waals surface area contributed by atoms with E-state index < -0.39 is 55.0 Å². The molecule has 0 rings (SSSR count). The Hall–Kier alpha value is -3.18. The lowest BCUT2D eigenvalue weighted by Crippen LogP contribution is -2.44. The Labute approximate surface area is 155 Å². The predicted octanol–water partition coefficient (Wildman–Crippen LogP) is -1.40. The maximum Gasteiger partial charge on any atom is 0.408 e. The van der Waals surface area contributed by atoms with E-state index in [0.717, 1.165) is 0 Å². The van der Waals surface area contributed by atoms with E-state index in [0.29, 0.717) is 0 Å². The van der Waals surface area contributed by atoms with E-state index in [1.54, 1.807) is 20.8 Å². The molecule has 0 spiro atoms. The molecule has 12 heteroatoms. The number of hydroxylamine groups is 2. The SMILES string of the molecule is CCC(=O)N(C=O)OC(=O)CNC(=O)CNC(=O)CNC(=O)OC(C)(C)C. The van der Waals surface area contributed by atoms with Crippen molar-refractivity contribution in [3.05, 3.63) is 0 Å². The first-order chi connectivity index (χ1) is 12.5. The molecule has 0 aromatic rings. The molecule has 0 saturated carbocycles. The number of hydrogen-bond acceptors (Lipinski definition) is 8. The van der Waals surface area contributed by atoms with E-state index in [2.05, 4.69) is 20.8 Å². The fourth-order valence-corrected chi connectivity index (χ4v) is 1.37. The molecule has 0 heterocycles. The van der Waals surface area contributed by atoms with Gasteiger partial charge in [-0.05, 0) is 20.8 Å². The highest BCUT2D eigenvalue weighted by molar-refractivity contribution is 5.89. The molecule has 0 fully saturated rings. The van der Waals surface area contributed by atoms with Crippen molar-refractivity contribution < 1.29 is 38.3 Å². The minimum atomic E-state index is -1.05.